The number of amides is 2. The van der Waals surface area contributed by atoms with Gasteiger partial charge in [-0.3, -0.25) is 0 Å². The van der Waals surface area contributed by atoms with Gasteiger partial charge in [0.2, 0.25) is 0 Å². The molecule has 0 radical (unpaired) electrons. The van der Waals surface area contributed by atoms with Crippen molar-refractivity contribution in [1.29, 1.82) is 0 Å². The third-order valence-electron chi connectivity index (χ3n) is 4.58. The average Bonchev–Trinajstić information content (AvgIpc) is 2.57. The number of hydrogen-bond acceptors (Lipinski definition) is 2. The summed E-state index contributed by atoms with van der Waals surface area (Å²) in [7, 11) is 0. The molecule has 1 fully saturated rings. The second-order valence-corrected chi connectivity index (χ2v) is 6.88. The molecule has 132 valence electrons. The van der Waals surface area contributed by atoms with Crippen molar-refractivity contribution in [2.75, 3.05) is 5.32 Å². The molecule has 2 aromatic rings. The first-order valence-electron chi connectivity index (χ1n) is 8.96. The lowest BCUT2D eigenvalue weighted by atomic mass is 9.93. The molecule has 4 heteroatoms. The van der Waals surface area contributed by atoms with Crippen LogP contribution in [0.1, 0.15) is 36.8 Å². The van der Waals surface area contributed by atoms with Gasteiger partial charge in [-0.15, -0.1) is 0 Å². The van der Waals surface area contributed by atoms with Crippen LogP contribution in [0.15, 0.2) is 48.5 Å². The molecule has 0 aliphatic heterocycles. The van der Waals surface area contributed by atoms with Crippen LogP contribution in [-0.4, -0.2) is 18.2 Å². The zero-order chi connectivity index (χ0) is 17.6. The SMILES string of the molecule is Cc1cccc(NC(=O)NC2CCC(Oc3cccc(C)c3)CC2)c1. The van der Waals surface area contributed by atoms with Crippen LogP contribution in [0.3, 0.4) is 0 Å². The van der Waals surface area contributed by atoms with E-state index >= 15 is 0 Å². The molecule has 0 aromatic heterocycles. The van der Waals surface area contributed by atoms with E-state index in [2.05, 4.69) is 29.7 Å². The number of nitrogens with one attached hydrogen (secondary N) is 2. The fraction of sp³-hybridized carbons (Fsp3) is 0.381. The first kappa shape index (κ1) is 17.3. The summed E-state index contributed by atoms with van der Waals surface area (Å²) in [5.41, 5.74) is 3.17. The molecule has 0 atom stereocenters. The Kier molecular flexibility index (Phi) is 5.59. The van der Waals surface area contributed by atoms with Crippen molar-refractivity contribution in [2.24, 2.45) is 0 Å². The van der Waals surface area contributed by atoms with Crippen LogP contribution in [0.4, 0.5) is 10.5 Å². The fourth-order valence-corrected chi connectivity index (χ4v) is 3.28. The first-order valence-corrected chi connectivity index (χ1v) is 8.96. The van der Waals surface area contributed by atoms with Gasteiger partial charge >= 0.3 is 6.03 Å². The monoisotopic (exact) mass is 338 g/mol. The van der Waals surface area contributed by atoms with Gasteiger partial charge in [0, 0.05) is 11.7 Å². The van der Waals surface area contributed by atoms with Crippen molar-refractivity contribution in [3.05, 3.63) is 59.7 Å². The van der Waals surface area contributed by atoms with Crippen molar-refractivity contribution in [3.63, 3.8) is 0 Å². The van der Waals surface area contributed by atoms with E-state index in [9.17, 15) is 4.79 Å². The minimum absolute atomic E-state index is 0.131. The number of hydrogen-bond donors (Lipinski definition) is 2. The van der Waals surface area contributed by atoms with E-state index in [1.807, 2.05) is 43.3 Å². The maximum absolute atomic E-state index is 12.1. The van der Waals surface area contributed by atoms with E-state index in [1.54, 1.807) is 0 Å². The third-order valence-corrected chi connectivity index (χ3v) is 4.58. The number of aryl methyl sites for hydroxylation is 2. The lowest BCUT2D eigenvalue weighted by Gasteiger charge is -2.29. The second-order valence-electron chi connectivity index (χ2n) is 6.88. The second kappa shape index (κ2) is 8.06. The Morgan fingerprint density at radius 3 is 2.32 bits per heavy atom. The molecule has 0 spiro atoms. The Labute approximate surface area is 149 Å². The summed E-state index contributed by atoms with van der Waals surface area (Å²) in [5.74, 6) is 0.939. The largest absolute Gasteiger partial charge is 0.490 e. The van der Waals surface area contributed by atoms with Crippen LogP contribution in [0.25, 0.3) is 0 Å². The van der Waals surface area contributed by atoms with Gasteiger partial charge in [0.25, 0.3) is 0 Å². The molecule has 0 saturated heterocycles. The van der Waals surface area contributed by atoms with Crippen LogP contribution < -0.4 is 15.4 Å². The third kappa shape index (κ3) is 5.24. The van der Waals surface area contributed by atoms with Gasteiger partial charge in [-0.2, -0.15) is 0 Å². The van der Waals surface area contributed by atoms with Crippen LogP contribution >= 0.6 is 0 Å². The summed E-state index contributed by atoms with van der Waals surface area (Å²) in [6, 6.07) is 16.1. The molecule has 2 amide bonds. The van der Waals surface area contributed by atoms with E-state index < -0.39 is 0 Å². The van der Waals surface area contributed by atoms with Gasteiger partial charge in [0.05, 0.1) is 6.10 Å². The quantitative estimate of drug-likeness (QED) is 0.840. The number of urea groups is 1. The van der Waals surface area contributed by atoms with E-state index in [-0.39, 0.29) is 18.2 Å². The van der Waals surface area contributed by atoms with Gasteiger partial charge in [-0.05, 0) is 74.9 Å². The average molecular weight is 338 g/mol. The molecule has 3 rings (SSSR count). The number of benzene rings is 2. The van der Waals surface area contributed by atoms with Crippen molar-refractivity contribution < 1.29 is 9.53 Å². The first-order chi connectivity index (χ1) is 12.1. The van der Waals surface area contributed by atoms with E-state index in [0.717, 1.165) is 42.7 Å². The fourth-order valence-electron chi connectivity index (χ4n) is 3.28. The molecule has 2 N–H and O–H groups in total. The summed E-state index contributed by atoms with van der Waals surface area (Å²) < 4.78 is 6.07. The summed E-state index contributed by atoms with van der Waals surface area (Å²) in [6.07, 6.45) is 4.04. The zero-order valence-electron chi connectivity index (χ0n) is 14.9. The standard InChI is InChI=1S/C21H26N2O2/c1-15-5-3-7-18(13-15)23-21(24)22-17-9-11-19(12-10-17)25-20-8-4-6-16(2)14-20/h3-8,13-14,17,19H,9-12H2,1-2H3,(H2,22,23,24). The van der Waals surface area contributed by atoms with E-state index in [1.165, 1.54) is 5.56 Å². The molecule has 0 bridgehead atoms. The van der Waals surface area contributed by atoms with Crippen LogP contribution in [0, 0.1) is 13.8 Å². The molecule has 0 unspecified atom stereocenters. The van der Waals surface area contributed by atoms with Gasteiger partial charge in [0.15, 0.2) is 0 Å². The summed E-state index contributed by atoms with van der Waals surface area (Å²) >= 11 is 0. The van der Waals surface area contributed by atoms with Crippen molar-refractivity contribution >= 4 is 11.7 Å². The zero-order valence-corrected chi connectivity index (χ0v) is 14.9. The summed E-state index contributed by atoms with van der Waals surface area (Å²) in [4.78, 5) is 12.1. The highest BCUT2D eigenvalue weighted by molar-refractivity contribution is 5.89. The van der Waals surface area contributed by atoms with Gasteiger partial charge in [0.1, 0.15) is 5.75 Å². The molecule has 1 saturated carbocycles. The predicted octanol–water partition coefficient (Wildman–Crippen LogP) is 4.82. The Bertz CT molecular complexity index is 721. The molecule has 2 aromatic carbocycles. The Morgan fingerprint density at radius 1 is 0.960 bits per heavy atom. The normalized spacial score (nSPS) is 19.9. The minimum Gasteiger partial charge on any atom is -0.490 e. The van der Waals surface area contributed by atoms with Gasteiger partial charge in [-0.25, -0.2) is 4.79 Å². The maximum atomic E-state index is 12.1. The van der Waals surface area contributed by atoms with Crippen molar-refractivity contribution in [2.45, 2.75) is 51.7 Å². The van der Waals surface area contributed by atoms with Crippen LogP contribution in [0.5, 0.6) is 5.75 Å². The van der Waals surface area contributed by atoms with Gasteiger partial charge in [-0.1, -0.05) is 24.3 Å². The van der Waals surface area contributed by atoms with Crippen molar-refractivity contribution in [3.8, 4) is 5.75 Å². The number of rotatable bonds is 4. The number of ether oxygens (including phenoxy) is 1. The van der Waals surface area contributed by atoms with E-state index in [4.69, 9.17) is 4.74 Å². The molecule has 4 nitrogen and oxygen atoms in total. The van der Waals surface area contributed by atoms with Crippen LogP contribution in [0.2, 0.25) is 0 Å². The van der Waals surface area contributed by atoms with Gasteiger partial charge < -0.3 is 15.4 Å². The Balaban J connectivity index is 1.43. The number of carbonyl (C=O) groups excluding carboxylic acids is 1. The predicted molar refractivity (Wildman–Crippen MR) is 101 cm³/mol. The molecule has 25 heavy (non-hydrogen) atoms. The topological polar surface area (TPSA) is 50.4 Å². The minimum atomic E-state index is -0.131. The Morgan fingerprint density at radius 2 is 1.64 bits per heavy atom. The number of carbonyl (C=O) groups is 1. The lowest BCUT2D eigenvalue weighted by Crippen LogP contribution is -2.41. The molecular weight excluding hydrogens is 312 g/mol. The maximum Gasteiger partial charge on any atom is 0.319 e. The molecule has 0 heterocycles. The number of anilines is 1. The van der Waals surface area contributed by atoms with Crippen LogP contribution in [-0.2, 0) is 0 Å². The summed E-state index contributed by atoms with van der Waals surface area (Å²) in [6.45, 7) is 4.08. The highest BCUT2D eigenvalue weighted by atomic mass is 16.5. The Hall–Kier alpha value is -2.49. The molecule has 1 aliphatic rings. The van der Waals surface area contributed by atoms with E-state index in [0.29, 0.717) is 0 Å². The highest BCUT2D eigenvalue weighted by Crippen LogP contribution is 2.24. The smallest absolute Gasteiger partial charge is 0.319 e. The summed E-state index contributed by atoms with van der Waals surface area (Å²) in [5, 5.41) is 5.98. The van der Waals surface area contributed by atoms with Crippen molar-refractivity contribution in [1.82, 2.24) is 5.32 Å². The molecular formula is C21H26N2O2. The lowest BCUT2D eigenvalue weighted by molar-refractivity contribution is 0.141. The molecule has 1 aliphatic carbocycles. The highest BCUT2D eigenvalue weighted by Gasteiger charge is 2.23.